The molecule has 1 saturated heterocycles. The summed E-state index contributed by atoms with van der Waals surface area (Å²) in [5, 5.41) is 10.2. The molecule has 0 saturated carbocycles. The molecular formula is C19H25N3O2. The minimum absolute atomic E-state index is 0.123. The Morgan fingerprint density at radius 3 is 2.96 bits per heavy atom. The quantitative estimate of drug-likeness (QED) is 0.915. The molecule has 1 unspecified atom stereocenters. The number of aliphatic carboxylic acids is 1. The van der Waals surface area contributed by atoms with E-state index in [4.69, 9.17) is 5.11 Å². The van der Waals surface area contributed by atoms with E-state index in [1.807, 2.05) is 24.2 Å². The maximum atomic E-state index is 10.9. The lowest BCUT2D eigenvalue weighted by atomic mass is 10.1. The normalized spacial score (nSPS) is 19.5. The van der Waals surface area contributed by atoms with E-state index >= 15 is 0 Å². The average Bonchev–Trinajstić information content (AvgIpc) is 2.80. The summed E-state index contributed by atoms with van der Waals surface area (Å²) in [5.74, 6) is -0.750. The summed E-state index contributed by atoms with van der Waals surface area (Å²) in [6.07, 6.45) is 5.04. The Kier molecular flexibility index (Phi) is 5.43. The van der Waals surface area contributed by atoms with E-state index in [0.717, 1.165) is 44.4 Å². The lowest BCUT2D eigenvalue weighted by Gasteiger charge is -2.25. The highest BCUT2D eigenvalue weighted by Crippen LogP contribution is 2.21. The number of nitrogens with zero attached hydrogens (tertiary/aromatic N) is 3. The first-order valence-corrected chi connectivity index (χ1v) is 8.60. The topological polar surface area (TPSA) is 56.7 Å². The minimum atomic E-state index is -0.750. The third-order valence-corrected chi connectivity index (χ3v) is 4.91. The molecule has 5 nitrogen and oxygen atoms in total. The second-order valence-corrected chi connectivity index (χ2v) is 6.66. The lowest BCUT2D eigenvalue weighted by Crippen LogP contribution is -2.36. The maximum absolute atomic E-state index is 10.9. The van der Waals surface area contributed by atoms with E-state index in [0.29, 0.717) is 6.04 Å². The largest absolute Gasteiger partial charge is 0.480 e. The smallest absolute Gasteiger partial charge is 0.317 e. The maximum Gasteiger partial charge on any atom is 0.317 e. The van der Waals surface area contributed by atoms with E-state index in [9.17, 15) is 4.79 Å². The van der Waals surface area contributed by atoms with Crippen LogP contribution in [0, 0.1) is 0 Å². The van der Waals surface area contributed by atoms with E-state index in [2.05, 4.69) is 34.1 Å². The van der Waals surface area contributed by atoms with Gasteiger partial charge in [0.05, 0.1) is 12.1 Å². The molecule has 1 fully saturated rings. The molecule has 0 amide bonds. The SMILES string of the molecule is CN(CC(=O)O)C1CCCN(Cc2cccc3cccnc23)CC1. The minimum Gasteiger partial charge on any atom is -0.480 e. The van der Waals surface area contributed by atoms with E-state index < -0.39 is 5.97 Å². The van der Waals surface area contributed by atoms with Gasteiger partial charge >= 0.3 is 5.97 Å². The lowest BCUT2D eigenvalue weighted by molar-refractivity contribution is -0.138. The molecule has 0 radical (unpaired) electrons. The Morgan fingerprint density at radius 2 is 2.12 bits per heavy atom. The van der Waals surface area contributed by atoms with Gasteiger partial charge in [-0.25, -0.2) is 0 Å². The van der Waals surface area contributed by atoms with Gasteiger partial charge in [0.1, 0.15) is 0 Å². The van der Waals surface area contributed by atoms with Crippen LogP contribution in [0.3, 0.4) is 0 Å². The summed E-state index contributed by atoms with van der Waals surface area (Å²) in [6.45, 7) is 3.08. The summed E-state index contributed by atoms with van der Waals surface area (Å²) < 4.78 is 0. The van der Waals surface area contributed by atoms with Crippen molar-refractivity contribution in [1.29, 1.82) is 0 Å². The van der Waals surface area contributed by atoms with Gasteiger partial charge in [0, 0.05) is 24.2 Å². The summed E-state index contributed by atoms with van der Waals surface area (Å²) in [4.78, 5) is 19.9. The van der Waals surface area contributed by atoms with Crippen molar-refractivity contribution < 1.29 is 9.90 Å². The number of benzene rings is 1. The van der Waals surface area contributed by atoms with Crippen LogP contribution in [0.1, 0.15) is 24.8 Å². The van der Waals surface area contributed by atoms with Crippen molar-refractivity contribution in [2.75, 3.05) is 26.7 Å². The number of carbonyl (C=O) groups is 1. The third kappa shape index (κ3) is 4.10. The van der Waals surface area contributed by atoms with Crippen molar-refractivity contribution in [3.63, 3.8) is 0 Å². The van der Waals surface area contributed by atoms with Crippen LogP contribution in [-0.4, -0.2) is 58.6 Å². The highest BCUT2D eigenvalue weighted by atomic mass is 16.4. The van der Waals surface area contributed by atoms with Gasteiger partial charge in [0.25, 0.3) is 0 Å². The van der Waals surface area contributed by atoms with Gasteiger partial charge in [-0.05, 0) is 51.0 Å². The number of likely N-dealkylation sites (tertiary alicyclic amines) is 1. The molecule has 0 bridgehead atoms. The predicted octanol–water partition coefficient (Wildman–Crippen LogP) is 2.61. The molecule has 1 atom stereocenters. The van der Waals surface area contributed by atoms with Gasteiger partial charge in [-0.2, -0.15) is 0 Å². The standard InChI is InChI=1S/C19H25N3O2/c1-21(14-18(23)24)17-8-4-11-22(12-9-17)13-16-6-2-5-15-7-3-10-20-19(15)16/h2-3,5-7,10,17H,4,8-9,11-14H2,1H3,(H,23,24). The molecular weight excluding hydrogens is 302 g/mol. The van der Waals surface area contributed by atoms with Crippen LogP contribution in [0.4, 0.5) is 0 Å². The van der Waals surface area contributed by atoms with E-state index in [-0.39, 0.29) is 6.54 Å². The van der Waals surface area contributed by atoms with Crippen LogP contribution in [0.25, 0.3) is 10.9 Å². The van der Waals surface area contributed by atoms with Crippen molar-refractivity contribution in [2.45, 2.75) is 31.8 Å². The molecule has 128 valence electrons. The van der Waals surface area contributed by atoms with Crippen LogP contribution < -0.4 is 0 Å². The van der Waals surface area contributed by atoms with Gasteiger partial charge in [-0.15, -0.1) is 0 Å². The van der Waals surface area contributed by atoms with Crippen molar-refractivity contribution in [2.24, 2.45) is 0 Å². The zero-order valence-electron chi connectivity index (χ0n) is 14.2. The van der Waals surface area contributed by atoms with Gasteiger partial charge in [-0.3, -0.25) is 19.6 Å². The van der Waals surface area contributed by atoms with Crippen LogP contribution in [0.15, 0.2) is 36.5 Å². The Balaban J connectivity index is 1.65. The summed E-state index contributed by atoms with van der Waals surface area (Å²) in [7, 11) is 1.92. The number of pyridine rings is 1. The average molecular weight is 327 g/mol. The fourth-order valence-electron chi connectivity index (χ4n) is 3.62. The number of hydrogen-bond acceptors (Lipinski definition) is 4. The molecule has 1 aromatic carbocycles. The summed E-state index contributed by atoms with van der Waals surface area (Å²) >= 11 is 0. The number of rotatable bonds is 5. The monoisotopic (exact) mass is 327 g/mol. The second kappa shape index (κ2) is 7.73. The third-order valence-electron chi connectivity index (χ3n) is 4.91. The Labute approximate surface area is 142 Å². The Morgan fingerprint density at radius 1 is 1.29 bits per heavy atom. The van der Waals surface area contributed by atoms with E-state index in [1.165, 1.54) is 10.9 Å². The first-order valence-electron chi connectivity index (χ1n) is 8.60. The van der Waals surface area contributed by atoms with Crippen molar-refractivity contribution in [1.82, 2.24) is 14.8 Å². The molecule has 5 heteroatoms. The van der Waals surface area contributed by atoms with Crippen molar-refractivity contribution in [3.05, 3.63) is 42.1 Å². The zero-order chi connectivity index (χ0) is 16.9. The van der Waals surface area contributed by atoms with Crippen molar-refractivity contribution >= 4 is 16.9 Å². The molecule has 3 rings (SSSR count). The molecule has 1 aliphatic heterocycles. The highest BCUT2D eigenvalue weighted by Gasteiger charge is 2.22. The highest BCUT2D eigenvalue weighted by molar-refractivity contribution is 5.81. The van der Waals surface area contributed by atoms with Gasteiger partial charge in [-0.1, -0.05) is 24.3 Å². The summed E-state index contributed by atoms with van der Waals surface area (Å²) in [6, 6.07) is 10.8. The molecule has 2 aromatic rings. The van der Waals surface area contributed by atoms with E-state index in [1.54, 1.807) is 0 Å². The molecule has 2 heterocycles. The van der Waals surface area contributed by atoms with Crippen molar-refractivity contribution in [3.8, 4) is 0 Å². The first-order chi connectivity index (χ1) is 11.6. The number of likely N-dealkylation sites (N-methyl/N-ethyl adjacent to an activating group) is 1. The molecule has 1 N–H and O–H groups in total. The number of fused-ring (bicyclic) bond motifs is 1. The molecule has 1 aliphatic rings. The van der Waals surface area contributed by atoms with Gasteiger partial charge in [0.15, 0.2) is 0 Å². The van der Waals surface area contributed by atoms with Crippen LogP contribution in [-0.2, 0) is 11.3 Å². The second-order valence-electron chi connectivity index (χ2n) is 6.66. The Hall–Kier alpha value is -1.98. The fourth-order valence-corrected chi connectivity index (χ4v) is 3.62. The zero-order valence-corrected chi connectivity index (χ0v) is 14.2. The van der Waals surface area contributed by atoms with Crippen LogP contribution in [0.5, 0.6) is 0 Å². The number of para-hydroxylation sites is 1. The van der Waals surface area contributed by atoms with Crippen LogP contribution >= 0.6 is 0 Å². The first kappa shape index (κ1) is 16.9. The van der Waals surface area contributed by atoms with Crippen LogP contribution in [0.2, 0.25) is 0 Å². The molecule has 24 heavy (non-hydrogen) atoms. The molecule has 0 aliphatic carbocycles. The van der Waals surface area contributed by atoms with Gasteiger partial charge < -0.3 is 5.11 Å². The Bertz CT molecular complexity index is 699. The number of aromatic nitrogens is 1. The number of hydrogen-bond donors (Lipinski definition) is 1. The molecule has 0 spiro atoms. The molecule has 1 aromatic heterocycles. The number of carboxylic acids is 1. The van der Waals surface area contributed by atoms with Gasteiger partial charge in [0.2, 0.25) is 0 Å². The predicted molar refractivity (Wildman–Crippen MR) is 94.9 cm³/mol. The fraction of sp³-hybridized carbons (Fsp3) is 0.474. The number of carboxylic acid groups (broad SMARTS) is 1. The summed E-state index contributed by atoms with van der Waals surface area (Å²) in [5.41, 5.74) is 2.36.